The second-order valence-corrected chi connectivity index (χ2v) is 0. The van der Waals surface area contributed by atoms with Gasteiger partial charge in [0.15, 0.2) is 0 Å². The molecule has 0 fully saturated rings. The van der Waals surface area contributed by atoms with E-state index in [1.54, 1.807) is 0 Å². The van der Waals surface area contributed by atoms with Gasteiger partial charge in [-0.05, 0) is 0 Å². The molecular weight excluding hydrogens is 168 g/mol. The second-order valence-electron chi connectivity index (χ2n) is 0. The molecular formula is H8Cr2O4. The fourth-order valence-electron chi connectivity index (χ4n) is 0. The molecule has 0 aliphatic carbocycles. The third kappa shape index (κ3) is 91.3. The smallest absolute Gasteiger partial charge is 0 e. The minimum atomic E-state index is 0. The number of hydrogen-bond acceptors (Lipinski definition) is 0. The van der Waals surface area contributed by atoms with Gasteiger partial charge in [0, 0.05) is 34.7 Å². The van der Waals surface area contributed by atoms with Gasteiger partial charge in [0.2, 0.25) is 0 Å². The Bertz CT molecular complexity index is 5.51. The molecule has 0 rings (SSSR count). The molecule has 0 aromatic carbocycles. The van der Waals surface area contributed by atoms with Gasteiger partial charge in [0.25, 0.3) is 0 Å². The van der Waals surface area contributed by atoms with Crippen LogP contribution < -0.4 is 0 Å². The minimum Gasteiger partial charge on any atom is -0.412 e. The normalized spacial score (nSPS) is 0. The van der Waals surface area contributed by atoms with Crippen molar-refractivity contribution in [1.82, 2.24) is 0 Å². The summed E-state index contributed by atoms with van der Waals surface area (Å²) in [5.41, 5.74) is 0. The molecule has 4 nitrogen and oxygen atoms in total. The van der Waals surface area contributed by atoms with Gasteiger partial charge in [-0.25, -0.2) is 0 Å². The Balaban J connectivity index is 0. The summed E-state index contributed by atoms with van der Waals surface area (Å²) >= 11 is 0. The van der Waals surface area contributed by atoms with Gasteiger partial charge in [0.05, 0.1) is 0 Å². The molecule has 6 heavy (non-hydrogen) atoms. The van der Waals surface area contributed by atoms with E-state index in [1.807, 2.05) is 0 Å². The molecule has 0 heterocycles. The van der Waals surface area contributed by atoms with E-state index in [-0.39, 0.29) is 56.6 Å². The first-order valence-electron chi connectivity index (χ1n) is 0. The standard InChI is InChI=1S/2Cr.4H2O/h;;4*1H2. The van der Waals surface area contributed by atoms with Crippen LogP contribution >= 0.6 is 0 Å². The van der Waals surface area contributed by atoms with Crippen molar-refractivity contribution < 1.29 is 56.6 Å². The molecule has 0 aliphatic heterocycles. The summed E-state index contributed by atoms with van der Waals surface area (Å²) in [6.07, 6.45) is 0. The van der Waals surface area contributed by atoms with Gasteiger partial charge in [-0.2, -0.15) is 0 Å². The van der Waals surface area contributed by atoms with E-state index in [2.05, 4.69) is 0 Å². The van der Waals surface area contributed by atoms with Gasteiger partial charge < -0.3 is 21.9 Å². The molecule has 0 bridgehead atoms. The van der Waals surface area contributed by atoms with E-state index < -0.39 is 0 Å². The fourth-order valence-corrected chi connectivity index (χ4v) is 0. The Morgan fingerprint density at radius 1 is 0.333 bits per heavy atom. The quantitative estimate of drug-likeness (QED) is 0.366. The Morgan fingerprint density at radius 3 is 0.333 bits per heavy atom. The van der Waals surface area contributed by atoms with Crippen molar-refractivity contribution in [3.63, 3.8) is 0 Å². The number of hydrogen-bond donors (Lipinski definition) is 0. The summed E-state index contributed by atoms with van der Waals surface area (Å²) in [5.74, 6) is 0. The van der Waals surface area contributed by atoms with Gasteiger partial charge in [0.1, 0.15) is 0 Å². The van der Waals surface area contributed by atoms with E-state index in [1.165, 1.54) is 0 Å². The summed E-state index contributed by atoms with van der Waals surface area (Å²) in [7, 11) is 0. The molecule has 0 radical (unpaired) electrons. The van der Waals surface area contributed by atoms with Crippen LogP contribution in [0.5, 0.6) is 0 Å². The zero-order chi connectivity index (χ0) is 0. The molecule has 0 saturated carbocycles. The molecule has 0 saturated heterocycles. The van der Waals surface area contributed by atoms with E-state index in [4.69, 9.17) is 0 Å². The first-order valence-corrected chi connectivity index (χ1v) is 0. The molecule has 0 atom stereocenters. The van der Waals surface area contributed by atoms with E-state index in [9.17, 15) is 0 Å². The van der Waals surface area contributed by atoms with Crippen LogP contribution in [0.25, 0.3) is 0 Å². The molecule has 6 heteroatoms. The Labute approximate surface area is 57.0 Å². The maximum absolute atomic E-state index is 0. The molecule has 0 amide bonds. The van der Waals surface area contributed by atoms with Crippen molar-refractivity contribution in [2.75, 3.05) is 0 Å². The third-order valence-corrected chi connectivity index (χ3v) is 0. The monoisotopic (exact) mass is 176 g/mol. The van der Waals surface area contributed by atoms with Gasteiger partial charge in [-0.1, -0.05) is 0 Å². The van der Waals surface area contributed by atoms with Crippen LogP contribution in [0.2, 0.25) is 0 Å². The van der Waals surface area contributed by atoms with Gasteiger partial charge in [-0.3, -0.25) is 0 Å². The second kappa shape index (κ2) is 173. The zero-order valence-corrected chi connectivity index (χ0v) is 5.37. The summed E-state index contributed by atoms with van der Waals surface area (Å²) < 4.78 is 0. The Kier molecular flexibility index (Phi) is 8500. The average Bonchev–Trinajstić information content (AvgIpc) is 0. The SMILES string of the molecule is O.O.O.O.[Cr].[Cr]. The maximum atomic E-state index is 0. The molecule has 0 aromatic heterocycles. The first kappa shape index (κ1) is 294. The van der Waals surface area contributed by atoms with Crippen LogP contribution in [0.1, 0.15) is 0 Å². The molecule has 0 unspecified atom stereocenters. The molecule has 8 N–H and O–H groups in total. The largest absolute Gasteiger partial charge is 0.412 e. The number of rotatable bonds is 0. The van der Waals surface area contributed by atoms with Gasteiger partial charge in [-0.15, -0.1) is 0 Å². The predicted molar refractivity (Wildman–Crippen MR) is 14.5 cm³/mol. The van der Waals surface area contributed by atoms with Crippen molar-refractivity contribution in [2.45, 2.75) is 0 Å². The third-order valence-electron chi connectivity index (χ3n) is 0. The van der Waals surface area contributed by atoms with Crippen LogP contribution in [-0.2, 0) is 34.7 Å². The van der Waals surface area contributed by atoms with Crippen molar-refractivity contribution in [3.8, 4) is 0 Å². The Morgan fingerprint density at radius 2 is 0.333 bits per heavy atom. The van der Waals surface area contributed by atoms with Crippen LogP contribution in [0.15, 0.2) is 0 Å². The van der Waals surface area contributed by atoms with Gasteiger partial charge >= 0.3 is 0 Å². The maximum Gasteiger partial charge on any atom is 0 e. The topological polar surface area (TPSA) is 126 Å². The molecule has 44 valence electrons. The Hall–Kier alpha value is 0.905. The predicted octanol–water partition coefficient (Wildman–Crippen LogP) is -3.30. The van der Waals surface area contributed by atoms with Crippen LogP contribution in [0, 0.1) is 0 Å². The fraction of sp³-hybridized carbons (Fsp3) is 0. The van der Waals surface area contributed by atoms with Crippen molar-refractivity contribution in [2.24, 2.45) is 0 Å². The van der Waals surface area contributed by atoms with Crippen LogP contribution in [0.4, 0.5) is 0 Å². The minimum absolute atomic E-state index is 0. The van der Waals surface area contributed by atoms with E-state index in [0.717, 1.165) is 0 Å². The first-order chi connectivity index (χ1) is 0. The summed E-state index contributed by atoms with van der Waals surface area (Å²) in [6.45, 7) is 0. The summed E-state index contributed by atoms with van der Waals surface area (Å²) in [5, 5.41) is 0. The molecule has 0 aliphatic rings. The summed E-state index contributed by atoms with van der Waals surface area (Å²) in [6, 6.07) is 0. The van der Waals surface area contributed by atoms with Crippen molar-refractivity contribution in [1.29, 1.82) is 0 Å². The average molecular weight is 176 g/mol. The van der Waals surface area contributed by atoms with Crippen molar-refractivity contribution in [3.05, 3.63) is 0 Å². The molecule has 0 aromatic rings. The van der Waals surface area contributed by atoms with Crippen molar-refractivity contribution >= 4 is 0 Å². The van der Waals surface area contributed by atoms with E-state index in [0.29, 0.717) is 0 Å². The van der Waals surface area contributed by atoms with E-state index >= 15 is 0 Å². The summed E-state index contributed by atoms with van der Waals surface area (Å²) in [4.78, 5) is 0. The molecule has 0 spiro atoms. The van der Waals surface area contributed by atoms with Crippen LogP contribution in [0.3, 0.4) is 0 Å². The van der Waals surface area contributed by atoms with Crippen LogP contribution in [-0.4, -0.2) is 21.9 Å². The zero-order valence-electron chi connectivity index (χ0n) is 2.82.